The number of anilines is 2. The molecule has 1 fully saturated rings. The summed E-state index contributed by atoms with van der Waals surface area (Å²) in [7, 11) is 1.62. The minimum absolute atomic E-state index is 0.0437. The van der Waals surface area contributed by atoms with Gasteiger partial charge in [-0.05, 0) is 43.0 Å². The van der Waals surface area contributed by atoms with Gasteiger partial charge in [0.25, 0.3) is 0 Å². The van der Waals surface area contributed by atoms with Crippen LogP contribution in [0.1, 0.15) is 63.4 Å². The predicted molar refractivity (Wildman–Crippen MR) is 170 cm³/mol. The molecule has 0 aliphatic carbocycles. The molecule has 2 aromatic heterocycles. The summed E-state index contributed by atoms with van der Waals surface area (Å²) in [6.07, 6.45) is 3.39. The molecule has 0 spiro atoms. The van der Waals surface area contributed by atoms with Crippen LogP contribution >= 0.6 is 11.6 Å². The zero-order valence-corrected chi connectivity index (χ0v) is 26.5. The number of rotatable bonds is 8. The van der Waals surface area contributed by atoms with Gasteiger partial charge in [-0.2, -0.15) is 0 Å². The van der Waals surface area contributed by atoms with E-state index in [2.05, 4.69) is 21.5 Å². The quantitative estimate of drug-likeness (QED) is 0.149. The summed E-state index contributed by atoms with van der Waals surface area (Å²) in [6, 6.07) is 5.31. The molecule has 1 aromatic carbocycles. The Morgan fingerprint density at radius 3 is 2.39 bits per heavy atom. The van der Waals surface area contributed by atoms with Crippen LogP contribution < -0.4 is 4.90 Å². The van der Waals surface area contributed by atoms with Gasteiger partial charge in [-0.3, -0.25) is 19.5 Å². The van der Waals surface area contributed by atoms with Gasteiger partial charge in [0, 0.05) is 32.7 Å². The Bertz CT molecular complexity index is 1560. The molecule has 44 heavy (non-hydrogen) atoms. The number of hydrogen-bond donors (Lipinski definition) is 1. The zero-order chi connectivity index (χ0) is 32.3. The fourth-order valence-electron chi connectivity index (χ4n) is 5.48. The molecule has 10 nitrogen and oxygen atoms in total. The fourth-order valence-corrected chi connectivity index (χ4v) is 5.73. The number of aromatic hydroxyl groups is 1. The molecule has 1 saturated heterocycles. The molecule has 4 rings (SSSR count). The van der Waals surface area contributed by atoms with Gasteiger partial charge in [0.1, 0.15) is 23.7 Å². The Balaban J connectivity index is 2.00. The highest BCUT2D eigenvalue weighted by Crippen LogP contribution is 2.42. The number of hydrogen-bond acceptors (Lipinski definition) is 7. The molecule has 0 bridgehead atoms. The van der Waals surface area contributed by atoms with E-state index in [0.29, 0.717) is 54.5 Å². The molecule has 1 N–H and O–H groups in total. The topological polar surface area (TPSA) is 115 Å². The van der Waals surface area contributed by atoms with Crippen molar-refractivity contribution in [3.05, 3.63) is 71.0 Å². The number of benzene rings is 1. The maximum Gasteiger partial charge on any atom is 0.246 e. The largest absolute Gasteiger partial charge is 0.507 e. The van der Waals surface area contributed by atoms with Crippen molar-refractivity contribution in [3.63, 3.8) is 0 Å². The van der Waals surface area contributed by atoms with Gasteiger partial charge >= 0.3 is 0 Å². The second-order valence-corrected chi connectivity index (χ2v) is 11.6. The number of carbonyl (C=O) groups is 2. The van der Waals surface area contributed by atoms with Crippen molar-refractivity contribution < 1.29 is 19.1 Å². The lowest BCUT2D eigenvalue weighted by Gasteiger charge is -2.41. The Morgan fingerprint density at radius 1 is 1.20 bits per heavy atom. The molecular weight excluding hydrogens is 585 g/mol. The summed E-state index contributed by atoms with van der Waals surface area (Å²) >= 11 is 6.78. The van der Waals surface area contributed by atoms with Crippen molar-refractivity contribution in [2.45, 2.75) is 52.5 Å². The number of piperazine rings is 1. The zero-order valence-electron chi connectivity index (χ0n) is 25.8. The van der Waals surface area contributed by atoms with Crippen LogP contribution in [0.3, 0.4) is 0 Å². The van der Waals surface area contributed by atoms with Crippen LogP contribution in [0, 0.1) is 5.82 Å². The van der Waals surface area contributed by atoms with Crippen molar-refractivity contribution in [1.82, 2.24) is 24.8 Å². The van der Waals surface area contributed by atoms with Gasteiger partial charge in [0.05, 0.1) is 38.9 Å². The average Bonchev–Trinajstić information content (AvgIpc) is 2.99. The smallest absolute Gasteiger partial charge is 0.246 e. The molecule has 1 atom stereocenters. The van der Waals surface area contributed by atoms with Crippen LogP contribution in [-0.4, -0.2) is 80.7 Å². The monoisotopic (exact) mass is 621 g/mol. The van der Waals surface area contributed by atoms with E-state index in [1.54, 1.807) is 18.0 Å². The maximum absolute atomic E-state index is 15.2. The number of pyridine rings is 1. The van der Waals surface area contributed by atoms with Crippen molar-refractivity contribution in [2.75, 3.05) is 31.6 Å². The standard InChI is InChI=1S/C32H37ClFN7O3/c1-8-25(44)40-13-12-39(15-20(40)6)31(35-7)21-14-22(33)29(26-23(34)10-9-11-24(26)43)38-32(21)41(17-42)30-27(18(2)3)36-16-37-28(30)19(4)5/h8-11,14,16-20,43H,1,12-13,15H2,2-7H3/b35-31+/t20-/m0/s1. The highest BCUT2D eigenvalue weighted by atomic mass is 35.5. The molecule has 1 aliphatic rings. The summed E-state index contributed by atoms with van der Waals surface area (Å²) in [4.78, 5) is 49.0. The van der Waals surface area contributed by atoms with Crippen molar-refractivity contribution in [1.29, 1.82) is 0 Å². The van der Waals surface area contributed by atoms with Crippen molar-refractivity contribution in [3.8, 4) is 17.0 Å². The SMILES string of the molecule is C=CC(=O)N1CCN(/C(=N/C)c2cc(Cl)c(-c3c(O)cccc3F)nc2N(C=O)c2c(C(C)C)ncnc2C(C)C)C[C@@H]1C. The van der Waals surface area contributed by atoms with E-state index in [0.717, 1.165) is 0 Å². The first-order valence-electron chi connectivity index (χ1n) is 14.4. The Kier molecular flexibility index (Phi) is 9.98. The van der Waals surface area contributed by atoms with E-state index in [1.165, 1.54) is 35.5 Å². The Hall–Kier alpha value is -4.38. The number of halogens is 2. The minimum Gasteiger partial charge on any atom is -0.507 e. The third kappa shape index (κ3) is 6.14. The molecule has 0 radical (unpaired) electrons. The summed E-state index contributed by atoms with van der Waals surface area (Å²) in [6.45, 7) is 14.7. The number of nitrogens with zero attached hydrogens (tertiary/aromatic N) is 7. The van der Waals surface area contributed by atoms with Crippen LogP contribution in [0.2, 0.25) is 5.02 Å². The molecule has 12 heteroatoms. The number of amidine groups is 1. The second-order valence-electron chi connectivity index (χ2n) is 11.2. The maximum atomic E-state index is 15.2. The number of phenols is 1. The number of aliphatic imine (C=N–C) groups is 1. The predicted octanol–water partition coefficient (Wildman–Crippen LogP) is 5.67. The van der Waals surface area contributed by atoms with Gasteiger partial charge in [-0.15, -0.1) is 0 Å². The highest BCUT2D eigenvalue weighted by Gasteiger charge is 2.33. The molecule has 2 amide bonds. The molecule has 0 saturated carbocycles. The van der Waals surface area contributed by atoms with E-state index < -0.39 is 5.82 Å². The third-order valence-electron chi connectivity index (χ3n) is 7.57. The Labute approximate surface area is 261 Å². The summed E-state index contributed by atoms with van der Waals surface area (Å²) in [5, 5.41) is 10.7. The van der Waals surface area contributed by atoms with Gasteiger partial charge in [-0.25, -0.2) is 19.3 Å². The number of carbonyl (C=O) groups excluding carboxylic acids is 2. The van der Waals surface area contributed by atoms with Crippen LogP contribution in [0.4, 0.5) is 15.9 Å². The van der Waals surface area contributed by atoms with Gasteiger partial charge in [0.15, 0.2) is 5.82 Å². The third-order valence-corrected chi connectivity index (χ3v) is 7.86. The van der Waals surface area contributed by atoms with Crippen LogP contribution in [-0.2, 0) is 9.59 Å². The van der Waals surface area contributed by atoms with E-state index >= 15 is 4.39 Å². The molecule has 232 valence electrons. The van der Waals surface area contributed by atoms with E-state index in [4.69, 9.17) is 16.6 Å². The van der Waals surface area contributed by atoms with Crippen molar-refractivity contribution in [2.24, 2.45) is 4.99 Å². The average molecular weight is 622 g/mol. The number of phenolic OH excluding ortho intramolecular Hbond substituents is 1. The minimum atomic E-state index is -0.731. The lowest BCUT2D eigenvalue weighted by atomic mass is 10.00. The van der Waals surface area contributed by atoms with E-state index in [9.17, 15) is 14.7 Å². The first-order valence-corrected chi connectivity index (χ1v) is 14.8. The van der Waals surface area contributed by atoms with Crippen molar-refractivity contribution >= 4 is 41.3 Å². The number of amides is 2. The normalized spacial score (nSPS) is 15.6. The number of aromatic nitrogens is 3. The van der Waals surface area contributed by atoms with Crippen LogP contribution in [0.25, 0.3) is 11.3 Å². The lowest BCUT2D eigenvalue weighted by molar-refractivity contribution is -0.129. The van der Waals surface area contributed by atoms with Crippen LogP contribution in [0.5, 0.6) is 5.75 Å². The van der Waals surface area contributed by atoms with Gasteiger partial charge in [0.2, 0.25) is 12.3 Å². The van der Waals surface area contributed by atoms with E-state index in [1.807, 2.05) is 39.5 Å². The molecule has 1 aliphatic heterocycles. The summed E-state index contributed by atoms with van der Waals surface area (Å²) < 4.78 is 15.2. The lowest BCUT2D eigenvalue weighted by Crippen LogP contribution is -2.55. The first kappa shape index (κ1) is 32.5. The van der Waals surface area contributed by atoms with E-state index in [-0.39, 0.29) is 51.6 Å². The Morgan fingerprint density at radius 2 is 1.86 bits per heavy atom. The van der Waals surface area contributed by atoms with Gasteiger partial charge in [-0.1, -0.05) is 51.9 Å². The molecule has 3 aromatic rings. The second kappa shape index (κ2) is 13.5. The highest BCUT2D eigenvalue weighted by molar-refractivity contribution is 6.33. The molecular formula is C32H37ClFN7O3. The summed E-state index contributed by atoms with van der Waals surface area (Å²) in [5.41, 5.74) is 1.84. The first-order chi connectivity index (χ1) is 20.9. The summed E-state index contributed by atoms with van der Waals surface area (Å²) in [5.74, 6) is -0.846. The van der Waals surface area contributed by atoms with Gasteiger partial charge < -0.3 is 14.9 Å². The fraction of sp³-hybridized carbons (Fsp3) is 0.375. The molecule has 0 unspecified atom stereocenters. The molecule has 3 heterocycles. The van der Waals surface area contributed by atoms with Crippen LogP contribution in [0.15, 0.2) is 48.2 Å².